The van der Waals surface area contributed by atoms with E-state index in [-0.39, 0.29) is 18.2 Å². The molecule has 0 radical (unpaired) electrons. The van der Waals surface area contributed by atoms with Gasteiger partial charge in [-0.2, -0.15) is 10.1 Å². The van der Waals surface area contributed by atoms with Gasteiger partial charge in [-0.25, -0.2) is 5.10 Å². The number of rotatable bonds is 3. The first-order valence-corrected chi connectivity index (χ1v) is 7.09. The zero-order valence-electron chi connectivity index (χ0n) is 12.5. The minimum absolute atomic E-state index is 0.0357. The molecule has 0 unspecified atom stereocenters. The molecule has 7 nitrogen and oxygen atoms in total. The standard InChI is InChI=1S/C15H17N5O2/c1-9-4-3-5-12(10(9)2)20-7-11(6-13(20)21)14(22)18-15-16-8-17-19-15/h3-5,8,11H,6-7H2,1-2H3,(H2,16,17,18,19,22)/t11-/m1/s1. The predicted octanol–water partition coefficient (Wildman–Crippen LogP) is 1.41. The van der Waals surface area contributed by atoms with Gasteiger partial charge in [-0.05, 0) is 31.0 Å². The van der Waals surface area contributed by atoms with Crippen LogP contribution in [0, 0.1) is 19.8 Å². The maximum absolute atomic E-state index is 12.3. The summed E-state index contributed by atoms with van der Waals surface area (Å²) in [6.45, 7) is 4.37. The zero-order chi connectivity index (χ0) is 15.7. The van der Waals surface area contributed by atoms with E-state index in [1.54, 1.807) is 4.90 Å². The van der Waals surface area contributed by atoms with Crippen LogP contribution in [0.1, 0.15) is 17.5 Å². The van der Waals surface area contributed by atoms with Crippen LogP contribution >= 0.6 is 0 Å². The molecular formula is C15H17N5O2. The van der Waals surface area contributed by atoms with Crippen LogP contribution in [0.5, 0.6) is 0 Å². The van der Waals surface area contributed by atoms with Crippen LogP contribution in [-0.4, -0.2) is 33.5 Å². The summed E-state index contributed by atoms with van der Waals surface area (Å²) >= 11 is 0. The lowest BCUT2D eigenvalue weighted by Gasteiger charge is -2.20. The van der Waals surface area contributed by atoms with Gasteiger partial charge in [0.1, 0.15) is 6.33 Å². The van der Waals surface area contributed by atoms with Crippen molar-refractivity contribution in [1.82, 2.24) is 15.2 Å². The smallest absolute Gasteiger partial charge is 0.232 e. The van der Waals surface area contributed by atoms with Gasteiger partial charge in [0.05, 0.1) is 5.92 Å². The summed E-state index contributed by atoms with van der Waals surface area (Å²) in [4.78, 5) is 30.0. The molecule has 0 aliphatic carbocycles. The Morgan fingerprint density at radius 3 is 2.95 bits per heavy atom. The Kier molecular flexibility index (Phi) is 3.62. The Labute approximate surface area is 127 Å². The molecule has 2 aromatic rings. The number of carbonyl (C=O) groups excluding carboxylic acids is 2. The third kappa shape index (κ3) is 2.57. The number of nitrogens with zero attached hydrogens (tertiary/aromatic N) is 3. The molecular weight excluding hydrogens is 282 g/mol. The maximum Gasteiger partial charge on any atom is 0.232 e. The van der Waals surface area contributed by atoms with E-state index in [2.05, 4.69) is 20.5 Å². The van der Waals surface area contributed by atoms with Crippen molar-refractivity contribution < 1.29 is 9.59 Å². The number of carbonyl (C=O) groups is 2. The molecule has 1 aromatic carbocycles. The molecule has 1 aliphatic rings. The van der Waals surface area contributed by atoms with Crippen LogP contribution in [0.15, 0.2) is 24.5 Å². The molecule has 2 N–H and O–H groups in total. The monoisotopic (exact) mass is 299 g/mol. The van der Waals surface area contributed by atoms with E-state index in [0.29, 0.717) is 12.5 Å². The molecule has 1 fully saturated rings. The summed E-state index contributed by atoms with van der Waals surface area (Å²) in [5, 5.41) is 8.88. The molecule has 2 amide bonds. The largest absolute Gasteiger partial charge is 0.311 e. The molecule has 1 aliphatic heterocycles. The van der Waals surface area contributed by atoms with E-state index in [1.807, 2.05) is 32.0 Å². The first kappa shape index (κ1) is 14.2. The fraction of sp³-hybridized carbons (Fsp3) is 0.333. The van der Waals surface area contributed by atoms with Gasteiger partial charge >= 0.3 is 0 Å². The van der Waals surface area contributed by atoms with Crippen LogP contribution in [0.3, 0.4) is 0 Å². The molecule has 3 rings (SSSR count). The van der Waals surface area contributed by atoms with E-state index < -0.39 is 5.92 Å². The quantitative estimate of drug-likeness (QED) is 0.896. The van der Waals surface area contributed by atoms with Crippen LogP contribution in [0.2, 0.25) is 0 Å². The Hall–Kier alpha value is -2.70. The van der Waals surface area contributed by atoms with Crippen LogP contribution in [0.25, 0.3) is 0 Å². The van der Waals surface area contributed by atoms with Crippen molar-refractivity contribution in [2.45, 2.75) is 20.3 Å². The molecule has 1 atom stereocenters. The minimum atomic E-state index is -0.391. The number of amides is 2. The number of hydrogen-bond acceptors (Lipinski definition) is 4. The second kappa shape index (κ2) is 5.59. The molecule has 7 heteroatoms. The number of aryl methyl sites for hydroxylation is 1. The second-order valence-electron chi connectivity index (χ2n) is 5.45. The Morgan fingerprint density at radius 1 is 1.41 bits per heavy atom. The highest BCUT2D eigenvalue weighted by Crippen LogP contribution is 2.29. The fourth-order valence-electron chi connectivity index (χ4n) is 2.63. The number of anilines is 2. The van der Waals surface area contributed by atoms with Gasteiger partial charge < -0.3 is 4.90 Å². The van der Waals surface area contributed by atoms with Gasteiger partial charge in [0.25, 0.3) is 0 Å². The fourth-order valence-corrected chi connectivity index (χ4v) is 2.63. The van der Waals surface area contributed by atoms with Gasteiger partial charge in [0.15, 0.2) is 0 Å². The molecule has 1 saturated heterocycles. The van der Waals surface area contributed by atoms with Crippen molar-refractivity contribution in [1.29, 1.82) is 0 Å². The summed E-state index contributed by atoms with van der Waals surface area (Å²) in [5.41, 5.74) is 3.06. The second-order valence-corrected chi connectivity index (χ2v) is 5.45. The van der Waals surface area contributed by atoms with E-state index in [0.717, 1.165) is 16.8 Å². The molecule has 0 saturated carbocycles. The summed E-state index contributed by atoms with van der Waals surface area (Å²) in [6, 6.07) is 5.84. The molecule has 0 bridgehead atoms. The number of aromatic nitrogens is 3. The summed E-state index contributed by atoms with van der Waals surface area (Å²) in [6.07, 6.45) is 1.52. The Balaban J connectivity index is 1.75. The highest BCUT2D eigenvalue weighted by molar-refractivity contribution is 6.03. The lowest BCUT2D eigenvalue weighted by atomic mass is 10.1. The first-order chi connectivity index (χ1) is 10.6. The molecule has 2 heterocycles. The van der Waals surface area contributed by atoms with Crippen molar-refractivity contribution in [3.05, 3.63) is 35.7 Å². The van der Waals surface area contributed by atoms with Gasteiger partial charge in [0.2, 0.25) is 17.8 Å². The van der Waals surface area contributed by atoms with Gasteiger partial charge in [-0.1, -0.05) is 12.1 Å². The lowest BCUT2D eigenvalue weighted by molar-refractivity contribution is -0.122. The highest BCUT2D eigenvalue weighted by Gasteiger charge is 2.36. The molecule has 114 valence electrons. The normalized spacial score (nSPS) is 17.8. The number of hydrogen-bond donors (Lipinski definition) is 2. The Morgan fingerprint density at radius 2 is 2.23 bits per heavy atom. The van der Waals surface area contributed by atoms with E-state index in [1.165, 1.54) is 6.33 Å². The van der Waals surface area contributed by atoms with E-state index >= 15 is 0 Å². The zero-order valence-corrected chi connectivity index (χ0v) is 12.5. The summed E-state index contributed by atoms with van der Waals surface area (Å²) in [5.74, 6) is -0.357. The number of H-pyrrole nitrogens is 1. The third-order valence-electron chi connectivity index (χ3n) is 4.02. The van der Waals surface area contributed by atoms with Crippen LogP contribution in [0.4, 0.5) is 11.6 Å². The lowest BCUT2D eigenvalue weighted by Crippen LogP contribution is -2.29. The molecule has 0 spiro atoms. The van der Waals surface area contributed by atoms with Crippen molar-refractivity contribution in [2.24, 2.45) is 5.92 Å². The average molecular weight is 299 g/mol. The van der Waals surface area contributed by atoms with Crippen molar-refractivity contribution in [2.75, 3.05) is 16.8 Å². The number of aromatic amines is 1. The molecule has 1 aromatic heterocycles. The minimum Gasteiger partial charge on any atom is -0.311 e. The van der Waals surface area contributed by atoms with E-state index in [9.17, 15) is 9.59 Å². The Bertz CT molecular complexity index is 711. The van der Waals surface area contributed by atoms with Crippen LogP contribution < -0.4 is 10.2 Å². The SMILES string of the molecule is Cc1cccc(N2C[C@H](C(=O)Nc3ncn[nH]3)CC2=O)c1C. The van der Waals surface area contributed by atoms with Gasteiger partial charge in [-0.3, -0.25) is 14.9 Å². The number of nitrogens with one attached hydrogen (secondary N) is 2. The molecule has 22 heavy (non-hydrogen) atoms. The average Bonchev–Trinajstić information content (AvgIpc) is 3.12. The van der Waals surface area contributed by atoms with Crippen molar-refractivity contribution in [3.8, 4) is 0 Å². The third-order valence-corrected chi connectivity index (χ3v) is 4.02. The van der Waals surface area contributed by atoms with E-state index in [4.69, 9.17) is 0 Å². The van der Waals surface area contributed by atoms with Crippen molar-refractivity contribution >= 4 is 23.5 Å². The summed E-state index contributed by atoms with van der Waals surface area (Å²) in [7, 11) is 0. The van der Waals surface area contributed by atoms with Gasteiger partial charge in [-0.15, -0.1) is 0 Å². The first-order valence-electron chi connectivity index (χ1n) is 7.09. The van der Waals surface area contributed by atoms with Crippen LogP contribution in [-0.2, 0) is 9.59 Å². The summed E-state index contributed by atoms with van der Waals surface area (Å²) < 4.78 is 0. The predicted molar refractivity (Wildman–Crippen MR) is 81.4 cm³/mol. The topological polar surface area (TPSA) is 91.0 Å². The highest BCUT2D eigenvalue weighted by atomic mass is 16.2. The van der Waals surface area contributed by atoms with Crippen molar-refractivity contribution in [3.63, 3.8) is 0 Å². The van der Waals surface area contributed by atoms with Gasteiger partial charge in [0, 0.05) is 18.7 Å². The maximum atomic E-state index is 12.3. The number of benzene rings is 1.